The van der Waals surface area contributed by atoms with Gasteiger partial charge in [0, 0.05) is 24.7 Å². The fraction of sp³-hybridized carbons (Fsp3) is 0.684. The molecule has 0 aromatic heterocycles. The number of thioether (sulfide) groups is 1. The first kappa shape index (κ1) is 19.5. The minimum Gasteiger partial charge on any atom is -0.453 e. The zero-order chi connectivity index (χ0) is 18.6. The Balaban J connectivity index is 1.87. The van der Waals surface area contributed by atoms with Crippen molar-refractivity contribution in [3.63, 3.8) is 0 Å². The first-order chi connectivity index (χ1) is 12.5. The van der Waals surface area contributed by atoms with E-state index in [9.17, 15) is 14.7 Å². The van der Waals surface area contributed by atoms with Gasteiger partial charge < -0.3 is 19.9 Å². The highest BCUT2D eigenvalue weighted by molar-refractivity contribution is 8.14. The number of esters is 1. The van der Waals surface area contributed by atoms with Crippen molar-refractivity contribution in [1.29, 1.82) is 0 Å². The standard InChI is InChI=1S/C19H27NO5S/c1-13-7-5-3-2-4-6-8-14-10-19(11-17(22)24-14,25-16(21)9-13)15-12-26-18(23)20-15/h2-3,9,14-15,17,22H,4-8,10-12H2,1H3,(H,20,23)/t14-,15+,17-,19-/m1/s1. The predicted octanol–water partition coefficient (Wildman–Crippen LogP) is 3.06. The molecule has 0 aromatic rings. The second-order valence-corrected chi connectivity index (χ2v) is 8.33. The summed E-state index contributed by atoms with van der Waals surface area (Å²) < 4.78 is 11.6. The number of amides is 1. The van der Waals surface area contributed by atoms with Crippen molar-refractivity contribution in [2.75, 3.05) is 5.75 Å². The normalized spacial score (nSPS) is 36.7. The molecule has 0 saturated carbocycles. The molecule has 144 valence electrons. The van der Waals surface area contributed by atoms with Gasteiger partial charge in [0.05, 0.1) is 12.1 Å². The third kappa shape index (κ3) is 4.90. The van der Waals surface area contributed by atoms with Gasteiger partial charge in [0.15, 0.2) is 6.29 Å². The van der Waals surface area contributed by atoms with E-state index in [1.54, 1.807) is 0 Å². The van der Waals surface area contributed by atoms with E-state index >= 15 is 0 Å². The summed E-state index contributed by atoms with van der Waals surface area (Å²) in [5.74, 6) is 0.110. The molecule has 4 atom stereocenters. The number of aliphatic hydroxyl groups is 1. The first-order valence-electron chi connectivity index (χ1n) is 9.29. The van der Waals surface area contributed by atoms with Crippen LogP contribution in [0.1, 0.15) is 51.9 Å². The average molecular weight is 381 g/mol. The van der Waals surface area contributed by atoms with Crippen molar-refractivity contribution in [2.45, 2.75) is 75.9 Å². The summed E-state index contributed by atoms with van der Waals surface area (Å²) in [4.78, 5) is 24.3. The Morgan fingerprint density at radius 3 is 2.85 bits per heavy atom. The van der Waals surface area contributed by atoms with Crippen LogP contribution in [0.5, 0.6) is 0 Å². The van der Waals surface area contributed by atoms with Crippen molar-refractivity contribution in [2.24, 2.45) is 0 Å². The number of nitrogens with one attached hydrogen (secondary N) is 1. The molecule has 1 amide bonds. The van der Waals surface area contributed by atoms with E-state index in [4.69, 9.17) is 9.47 Å². The van der Waals surface area contributed by atoms with Gasteiger partial charge in [-0.25, -0.2) is 4.79 Å². The Morgan fingerprint density at radius 2 is 2.08 bits per heavy atom. The Kier molecular flexibility index (Phi) is 6.42. The van der Waals surface area contributed by atoms with Crippen molar-refractivity contribution in [3.05, 3.63) is 23.8 Å². The van der Waals surface area contributed by atoms with Crippen molar-refractivity contribution < 1.29 is 24.2 Å². The highest BCUT2D eigenvalue weighted by Gasteiger charge is 2.51. The molecule has 0 aliphatic carbocycles. The minimum absolute atomic E-state index is 0.116. The predicted molar refractivity (Wildman–Crippen MR) is 99.7 cm³/mol. The molecule has 3 aliphatic heterocycles. The van der Waals surface area contributed by atoms with Crippen LogP contribution in [0.15, 0.2) is 23.8 Å². The number of fused-ring (bicyclic) bond motifs is 2. The van der Waals surface area contributed by atoms with Gasteiger partial charge in [-0.15, -0.1) is 0 Å². The van der Waals surface area contributed by atoms with Gasteiger partial charge in [-0.1, -0.05) is 29.5 Å². The van der Waals surface area contributed by atoms with Crippen LogP contribution in [0.4, 0.5) is 4.79 Å². The molecule has 6 nitrogen and oxygen atoms in total. The maximum absolute atomic E-state index is 12.6. The van der Waals surface area contributed by atoms with Crippen LogP contribution in [0.25, 0.3) is 0 Å². The summed E-state index contributed by atoms with van der Waals surface area (Å²) in [6, 6.07) is -0.313. The molecule has 2 N–H and O–H groups in total. The Morgan fingerprint density at radius 1 is 1.27 bits per heavy atom. The lowest BCUT2D eigenvalue weighted by atomic mass is 9.82. The monoisotopic (exact) mass is 381 g/mol. The smallest absolute Gasteiger partial charge is 0.331 e. The molecule has 0 radical (unpaired) electrons. The number of rotatable bonds is 1. The molecule has 0 unspecified atom stereocenters. The molecule has 2 fully saturated rings. The van der Waals surface area contributed by atoms with Crippen LogP contribution < -0.4 is 5.32 Å². The number of aliphatic hydroxyl groups excluding tert-OH is 1. The number of hydrogen-bond acceptors (Lipinski definition) is 6. The number of hydrogen-bond donors (Lipinski definition) is 2. The summed E-state index contributed by atoms with van der Waals surface area (Å²) in [5, 5.41) is 13.1. The highest BCUT2D eigenvalue weighted by Crippen LogP contribution is 2.39. The lowest BCUT2D eigenvalue weighted by molar-refractivity contribution is -0.233. The molecule has 3 aliphatic rings. The van der Waals surface area contributed by atoms with Crippen LogP contribution in [0.3, 0.4) is 0 Å². The Hall–Kier alpha value is -1.31. The van der Waals surface area contributed by atoms with Crippen molar-refractivity contribution >= 4 is 23.0 Å². The zero-order valence-corrected chi connectivity index (χ0v) is 15.9. The molecule has 0 aromatic carbocycles. The summed E-state index contributed by atoms with van der Waals surface area (Å²) in [7, 11) is 0. The first-order valence-corrected chi connectivity index (χ1v) is 10.3. The van der Waals surface area contributed by atoms with E-state index in [0.717, 1.165) is 37.7 Å². The fourth-order valence-electron chi connectivity index (χ4n) is 3.87. The van der Waals surface area contributed by atoms with E-state index in [1.165, 1.54) is 17.8 Å². The molecular formula is C19H27NO5S. The van der Waals surface area contributed by atoms with E-state index < -0.39 is 17.9 Å². The van der Waals surface area contributed by atoms with Crippen LogP contribution >= 0.6 is 11.8 Å². The minimum atomic E-state index is -1.00. The molecule has 0 spiro atoms. The number of carbonyl (C=O) groups excluding carboxylic acids is 2. The van der Waals surface area contributed by atoms with Crippen molar-refractivity contribution in [3.8, 4) is 0 Å². The molecule has 26 heavy (non-hydrogen) atoms. The number of allylic oxidation sites excluding steroid dienone is 3. The molecule has 3 rings (SSSR count). The molecule has 2 saturated heterocycles. The second-order valence-electron chi connectivity index (χ2n) is 7.33. The number of ether oxygens (including phenoxy) is 2. The highest BCUT2D eigenvalue weighted by atomic mass is 32.2. The summed E-state index contributed by atoms with van der Waals surface area (Å²) >= 11 is 1.19. The van der Waals surface area contributed by atoms with Gasteiger partial charge >= 0.3 is 5.97 Å². The van der Waals surface area contributed by atoms with Crippen LogP contribution in [0.2, 0.25) is 0 Å². The lowest BCUT2D eigenvalue weighted by Gasteiger charge is -2.45. The maximum atomic E-state index is 12.6. The fourth-order valence-corrected chi connectivity index (χ4v) is 4.80. The van der Waals surface area contributed by atoms with Crippen molar-refractivity contribution in [1.82, 2.24) is 5.32 Å². The molecule has 2 bridgehead atoms. The second kappa shape index (κ2) is 8.59. The molecular weight excluding hydrogens is 354 g/mol. The van der Waals surface area contributed by atoms with Gasteiger partial charge in [0.1, 0.15) is 5.60 Å². The summed E-state index contributed by atoms with van der Waals surface area (Å²) in [6.07, 6.45) is 9.68. The topological polar surface area (TPSA) is 84.9 Å². The van der Waals surface area contributed by atoms with Gasteiger partial charge in [-0.2, -0.15) is 0 Å². The third-order valence-corrected chi connectivity index (χ3v) is 6.07. The Labute approximate surface area is 158 Å². The van der Waals surface area contributed by atoms with Gasteiger partial charge in [0.2, 0.25) is 0 Å². The zero-order valence-electron chi connectivity index (χ0n) is 15.1. The maximum Gasteiger partial charge on any atom is 0.331 e. The summed E-state index contributed by atoms with van der Waals surface area (Å²) in [5.41, 5.74) is 0.0239. The van der Waals surface area contributed by atoms with Gasteiger partial charge in [-0.3, -0.25) is 4.79 Å². The van der Waals surface area contributed by atoms with E-state index in [0.29, 0.717) is 12.2 Å². The van der Waals surface area contributed by atoms with E-state index in [1.807, 2.05) is 6.92 Å². The van der Waals surface area contributed by atoms with Crippen LogP contribution in [-0.2, 0) is 14.3 Å². The largest absolute Gasteiger partial charge is 0.453 e. The van der Waals surface area contributed by atoms with E-state index in [2.05, 4.69) is 17.5 Å². The van der Waals surface area contributed by atoms with E-state index in [-0.39, 0.29) is 23.8 Å². The van der Waals surface area contributed by atoms with Gasteiger partial charge in [-0.05, 0) is 39.0 Å². The lowest BCUT2D eigenvalue weighted by Crippen LogP contribution is -2.59. The molecule has 7 heteroatoms. The third-order valence-electron chi connectivity index (χ3n) is 5.19. The van der Waals surface area contributed by atoms with Gasteiger partial charge in [0.25, 0.3) is 5.24 Å². The number of carbonyl (C=O) groups is 2. The SMILES string of the molecule is CC1=CC(=O)O[C@]2([C@@H]3CSC(=O)N3)C[C@@H](CCCC=CCC1)O[C@@H](O)C2. The van der Waals surface area contributed by atoms with Crippen LogP contribution in [0, 0.1) is 0 Å². The van der Waals surface area contributed by atoms with Crippen LogP contribution in [-0.4, -0.2) is 46.1 Å². The quantitative estimate of drug-likeness (QED) is 0.536. The average Bonchev–Trinajstić information content (AvgIpc) is 2.99. The molecule has 3 heterocycles. The summed E-state index contributed by atoms with van der Waals surface area (Å²) in [6.45, 7) is 1.92. The Bertz CT molecular complexity index is 605.